The number of ether oxygens (including phenoxy) is 2. The van der Waals surface area contributed by atoms with Crippen LogP contribution in [0.25, 0.3) is 0 Å². The lowest BCUT2D eigenvalue weighted by Gasteiger charge is -2.22. The van der Waals surface area contributed by atoms with Crippen LogP contribution in [0, 0.1) is 11.7 Å². The van der Waals surface area contributed by atoms with E-state index in [0.29, 0.717) is 18.3 Å². The van der Waals surface area contributed by atoms with Crippen LogP contribution in [0.1, 0.15) is 12.8 Å². The number of rotatable bonds is 3. The van der Waals surface area contributed by atoms with Gasteiger partial charge in [-0.25, -0.2) is 4.39 Å². The molecule has 1 saturated heterocycles. The highest BCUT2D eigenvalue weighted by molar-refractivity contribution is 5.23. The van der Waals surface area contributed by atoms with Gasteiger partial charge in [-0.05, 0) is 30.9 Å². The zero-order valence-corrected chi connectivity index (χ0v) is 8.62. The molecule has 0 radical (unpaired) electrons. The summed E-state index contributed by atoms with van der Waals surface area (Å²) in [6, 6.07) is 6.52. The molecule has 2 nitrogen and oxygen atoms in total. The summed E-state index contributed by atoms with van der Waals surface area (Å²) in [4.78, 5) is 0. The van der Waals surface area contributed by atoms with Crippen molar-refractivity contribution < 1.29 is 13.9 Å². The van der Waals surface area contributed by atoms with Gasteiger partial charge in [-0.2, -0.15) is 0 Å². The van der Waals surface area contributed by atoms with E-state index in [1.54, 1.807) is 18.2 Å². The molecule has 3 heteroatoms. The molecule has 1 aliphatic rings. The Morgan fingerprint density at radius 3 is 2.73 bits per heavy atom. The van der Waals surface area contributed by atoms with Gasteiger partial charge in [0.15, 0.2) is 11.6 Å². The maximum absolute atomic E-state index is 13.2. The van der Waals surface area contributed by atoms with E-state index in [0.717, 1.165) is 26.1 Å². The lowest BCUT2D eigenvalue weighted by atomic mass is 10.0. The van der Waals surface area contributed by atoms with Crippen molar-refractivity contribution in [2.45, 2.75) is 12.8 Å². The molecule has 2 rings (SSSR count). The molecule has 0 aromatic heterocycles. The van der Waals surface area contributed by atoms with Gasteiger partial charge in [0.1, 0.15) is 0 Å². The Hall–Kier alpha value is -1.09. The average Bonchev–Trinajstić information content (AvgIpc) is 2.29. The fourth-order valence-electron chi connectivity index (χ4n) is 1.68. The summed E-state index contributed by atoms with van der Waals surface area (Å²) in [7, 11) is 0. The molecule has 15 heavy (non-hydrogen) atoms. The second kappa shape index (κ2) is 5.12. The number of benzene rings is 1. The minimum atomic E-state index is -0.287. The minimum absolute atomic E-state index is 0.287. The second-order valence-electron chi connectivity index (χ2n) is 3.80. The van der Waals surface area contributed by atoms with Gasteiger partial charge in [-0.1, -0.05) is 12.1 Å². The van der Waals surface area contributed by atoms with Crippen LogP contribution in [0.15, 0.2) is 24.3 Å². The normalized spacial score (nSPS) is 17.7. The Kier molecular flexibility index (Phi) is 3.56. The fourth-order valence-corrected chi connectivity index (χ4v) is 1.68. The Balaban J connectivity index is 1.84. The smallest absolute Gasteiger partial charge is 0.165 e. The highest BCUT2D eigenvalue weighted by Crippen LogP contribution is 2.19. The van der Waals surface area contributed by atoms with Crippen molar-refractivity contribution in [1.82, 2.24) is 0 Å². The summed E-state index contributed by atoms with van der Waals surface area (Å²) in [5.41, 5.74) is 0. The first-order chi connectivity index (χ1) is 7.36. The number of para-hydroxylation sites is 1. The molecular weight excluding hydrogens is 195 g/mol. The van der Waals surface area contributed by atoms with Crippen molar-refractivity contribution >= 4 is 0 Å². The molecule has 1 aromatic rings. The summed E-state index contributed by atoms with van der Waals surface area (Å²) in [5.74, 6) is 0.562. The Morgan fingerprint density at radius 1 is 1.27 bits per heavy atom. The van der Waals surface area contributed by atoms with Crippen molar-refractivity contribution in [3.8, 4) is 5.75 Å². The SMILES string of the molecule is Fc1ccccc1OCC1CCOCC1. The summed E-state index contributed by atoms with van der Waals surface area (Å²) in [5, 5.41) is 0. The van der Waals surface area contributed by atoms with Gasteiger partial charge >= 0.3 is 0 Å². The summed E-state index contributed by atoms with van der Waals surface area (Å²) < 4.78 is 23.9. The minimum Gasteiger partial charge on any atom is -0.490 e. The zero-order valence-electron chi connectivity index (χ0n) is 8.62. The molecule has 0 aliphatic carbocycles. The summed E-state index contributed by atoms with van der Waals surface area (Å²) in [6.45, 7) is 2.18. The quantitative estimate of drug-likeness (QED) is 0.763. The molecule has 0 atom stereocenters. The van der Waals surface area contributed by atoms with E-state index in [1.807, 2.05) is 0 Å². The first kappa shape index (κ1) is 10.4. The topological polar surface area (TPSA) is 18.5 Å². The van der Waals surface area contributed by atoms with Crippen LogP contribution in [0.2, 0.25) is 0 Å². The van der Waals surface area contributed by atoms with E-state index in [2.05, 4.69) is 0 Å². The van der Waals surface area contributed by atoms with E-state index >= 15 is 0 Å². The van der Waals surface area contributed by atoms with Crippen LogP contribution in [0.4, 0.5) is 4.39 Å². The molecule has 1 fully saturated rings. The summed E-state index contributed by atoms with van der Waals surface area (Å²) >= 11 is 0. The zero-order chi connectivity index (χ0) is 10.5. The average molecular weight is 210 g/mol. The number of halogens is 1. The maximum Gasteiger partial charge on any atom is 0.165 e. The maximum atomic E-state index is 13.2. The van der Waals surface area contributed by atoms with Gasteiger partial charge in [0, 0.05) is 13.2 Å². The highest BCUT2D eigenvalue weighted by atomic mass is 19.1. The van der Waals surface area contributed by atoms with Crippen molar-refractivity contribution in [3.05, 3.63) is 30.1 Å². The lowest BCUT2D eigenvalue weighted by Crippen LogP contribution is -2.21. The lowest BCUT2D eigenvalue weighted by molar-refractivity contribution is 0.0491. The predicted octanol–water partition coefficient (Wildman–Crippen LogP) is 2.63. The standard InChI is InChI=1S/C12H15FO2/c13-11-3-1-2-4-12(11)15-9-10-5-7-14-8-6-10/h1-4,10H,5-9H2. The van der Waals surface area contributed by atoms with Crippen LogP contribution in [-0.4, -0.2) is 19.8 Å². The van der Waals surface area contributed by atoms with Crippen molar-refractivity contribution in [1.29, 1.82) is 0 Å². The first-order valence-electron chi connectivity index (χ1n) is 5.31. The monoisotopic (exact) mass is 210 g/mol. The van der Waals surface area contributed by atoms with Gasteiger partial charge in [0.2, 0.25) is 0 Å². The van der Waals surface area contributed by atoms with E-state index < -0.39 is 0 Å². The van der Waals surface area contributed by atoms with Crippen LogP contribution >= 0.6 is 0 Å². The summed E-state index contributed by atoms with van der Waals surface area (Å²) in [6.07, 6.45) is 2.02. The van der Waals surface area contributed by atoms with Gasteiger partial charge in [0.05, 0.1) is 6.61 Å². The molecule has 0 N–H and O–H groups in total. The third-order valence-corrected chi connectivity index (χ3v) is 2.65. The third kappa shape index (κ3) is 2.93. The molecular formula is C12H15FO2. The Labute approximate surface area is 89.0 Å². The molecule has 1 heterocycles. The van der Waals surface area contributed by atoms with Crippen LogP contribution in [0.5, 0.6) is 5.75 Å². The molecule has 0 unspecified atom stereocenters. The van der Waals surface area contributed by atoms with Crippen molar-refractivity contribution in [2.24, 2.45) is 5.92 Å². The Bertz CT molecular complexity index is 308. The first-order valence-corrected chi connectivity index (χ1v) is 5.31. The largest absolute Gasteiger partial charge is 0.490 e. The molecule has 0 bridgehead atoms. The van der Waals surface area contributed by atoms with E-state index in [1.165, 1.54) is 6.07 Å². The van der Waals surface area contributed by atoms with Gasteiger partial charge in [-0.3, -0.25) is 0 Å². The van der Waals surface area contributed by atoms with Crippen molar-refractivity contribution in [3.63, 3.8) is 0 Å². The van der Waals surface area contributed by atoms with Crippen LogP contribution < -0.4 is 4.74 Å². The Morgan fingerprint density at radius 2 is 2.00 bits per heavy atom. The van der Waals surface area contributed by atoms with Gasteiger partial charge in [-0.15, -0.1) is 0 Å². The van der Waals surface area contributed by atoms with E-state index in [4.69, 9.17) is 9.47 Å². The predicted molar refractivity (Wildman–Crippen MR) is 55.4 cm³/mol. The number of hydrogen-bond acceptors (Lipinski definition) is 2. The van der Waals surface area contributed by atoms with E-state index in [-0.39, 0.29) is 5.82 Å². The molecule has 1 aromatic carbocycles. The molecule has 0 spiro atoms. The second-order valence-corrected chi connectivity index (χ2v) is 3.80. The molecule has 0 saturated carbocycles. The van der Waals surface area contributed by atoms with E-state index in [9.17, 15) is 4.39 Å². The van der Waals surface area contributed by atoms with Gasteiger partial charge in [0.25, 0.3) is 0 Å². The van der Waals surface area contributed by atoms with Crippen molar-refractivity contribution in [2.75, 3.05) is 19.8 Å². The fraction of sp³-hybridized carbons (Fsp3) is 0.500. The van der Waals surface area contributed by atoms with Crippen LogP contribution in [-0.2, 0) is 4.74 Å². The molecule has 0 amide bonds. The third-order valence-electron chi connectivity index (χ3n) is 2.65. The highest BCUT2D eigenvalue weighted by Gasteiger charge is 2.14. The van der Waals surface area contributed by atoms with Gasteiger partial charge < -0.3 is 9.47 Å². The van der Waals surface area contributed by atoms with Crippen LogP contribution in [0.3, 0.4) is 0 Å². The number of hydrogen-bond donors (Lipinski definition) is 0. The molecule has 82 valence electrons. The molecule has 1 aliphatic heterocycles.